The number of rotatable bonds is 2. The van der Waals surface area contributed by atoms with Gasteiger partial charge in [-0.25, -0.2) is 9.97 Å². The Bertz CT molecular complexity index is 833. The van der Waals surface area contributed by atoms with Crippen molar-refractivity contribution in [3.8, 4) is 0 Å². The van der Waals surface area contributed by atoms with Crippen molar-refractivity contribution in [1.82, 2.24) is 9.97 Å². The Morgan fingerprint density at radius 3 is 2.41 bits per heavy atom. The van der Waals surface area contributed by atoms with Crippen molar-refractivity contribution < 1.29 is 0 Å². The van der Waals surface area contributed by atoms with Gasteiger partial charge in [0.25, 0.3) is 0 Å². The minimum Gasteiger partial charge on any atom is -0.228 e. The van der Waals surface area contributed by atoms with Crippen LogP contribution in [0.25, 0.3) is 10.9 Å². The number of hydrogen-bond acceptors (Lipinski definition) is 3. The number of nitrogens with zero attached hydrogens (tertiary/aromatic N) is 2. The largest absolute Gasteiger partial charge is 0.250 e. The summed E-state index contributed by atoms with van der Waals surface area (Å²) in [6, 6.07) is 15.1. The van der Waals surface area contributed by atoms with Gasteiger partial charge in [0.2, 0.25) is 3.79 Å². The molecule has 0 N–H and O–H groups in total. The fourth-order valence-corrected chi connectivity index (χ4v) is 3.37. The molecule has 3 rings (SSSR count). The van der Waals surface area contributed by atoms with Gasteiger partial charge in [0.05, 0.1) is 5.52 Å². The normalized spacial score (nSPS) is 11.8. The summed E-state index contributed by atoms with van der Waals surface area (Å²) in [4.78, 5) is 9.68. The molecule has 3 aromatic rings. The van der Waals surface area contributed by atoms with Crippen LogP contribution in [0.2, 0.25) is 5.02 Å². The first kappa shape index (κ1) is 16.2. The first-order valence-corrected chi connectivity index (χ1v) is 8.54. The number of hydrogen-bond donors (Lipinski definition) is 0. The van der Waals surface area contributed by atoms with Crippen molar-refractivity contribution in [3.05, 3.63) is 59.4 Å². The van der Waals surface area contributed by atoms with E-state index >= 15 is 0 Å². The number of alkyl halides is 3. The molecule has 0 saturated heterocycles. The predicted molar refractivity (Wildman–Crippen MR) is 94.3 cm³/mol. The SMILES string of the molecule is Clc1cccc(Sc2nc(C(Cl)(Cl)Cl)nc3ccccc23)c1. The summed E-state index contributed by atoms with van der Waals surface area (Å²) < 4.78 is -1.67. The summed E-state index contributed by atoms with van der Waals surface area (Å²) in [6.45, 7) is 0. The molecule has 22 heavy (non-hydrogen) atoms. The Morgan fingerprint density at radius 1 is 0.909 bits per heavy atom. The summed E-state index contributed by atoms with van der Waals surface area (Å²) >= 11 is 25.3. The Hall–Kier alpha value is -0.710. The van der Waals surface area contributed by atoms with E-state index in [1.54, 1.807) is 0 Å². The summed E-state index contributed by atoms with van der Waals surface area (Å²) in [5.74, 6) is 0.153. The van der Waals surface area contributed by atoms with Crippen molar-refractivity contribution >= 4 is 69.1 Å². The average molecular weight is 390 g/mol. The monoisotopic (exact) mass is 388 g/mol. The second-order valence-electron chi connectivity index (χ2n) is 4.43. The van der Waals surface area contributed by atoms with Crippen LogP contribution >= 0.6 is 58.2 Å². The van der Waals surface area contributed by atoms with E-state index in [0.717, 1.165) is 15.8 Å². The maximum Gasteiger partial charge on any atom is 0.250 e. The predicted octanol–water partition coefficient (Wildman–Crippen LogP) is 6.26. The van der Waals surface area contributed by atoms with Gasteiger partial charge < -0.3 is 0 Å². The van der Waals surface area contributed by atoms with Gasteiger partial charge >= 0.3 is 0 Å². The molecular formula is C15H8Cl4N2S. The Kier molecular flexibility index (Phi) is 4.72. The highest BCUT2D eigenvalue weighted by Gasteiger charge is 2.28. The third-order valence-corrected chi connectivity index (χ3v) is 4.57. The Labute approximate surface area is 151 Å². The van der Waals surface area contributed by atoms with Gasteiger partial charge in [0.1, 0.15) is 5.03 Å². The van der Waals surface area contributed by atoms with E-state index in [4.69, 9.17) is 46.4 Å². The van der Waals surface area contributed by atoms with Gasteiger partial charge in [0, 0.05) is 15.3 Å². The minimum atomic E-state index is -1.67. The summed E-state index contributed by atoms with van der Waals surface area (Å²) in [7, 11) is 0. The molecule has 0 aliphatic heterocycles. The van der Waals surface area contributed by atoms with Crippen molar-refractivity contribution in [3.63, 3.8) is 0 Å². The van der Waals surface area contributed by atoms with Crippen LogP contribution in [-0.2, 0) is 3.79 Å². The molecule has 0 aliphatic rings. The summed E-state index contributed by atoms with van der Waals surface area (Å²) in [5, 5.41) is 2.27. The second-order valence-corrected chi connectivity index (χ2v) is 8.21. The standard InChI is InChI=1S/C15H8Cl4N2S/c16-9-4-3-5-10(8-9)22-13-11-6-1-2-7-12(11)20-14(21-13)15(17,18)19/h1-8H. The molecule has 0 unspecified atom stereocenters. The first-order valence-electron chi connectivity index (χ1n) is 6.21. The van der Waals surface area contributed by atoms with E-state index < -0.39 is 3.79 Å². The first-order chi connectivity index (χ1) is 10.4. The quantitative estimate of drug-likeness (QED) is 0.382. The second kappa shape index (κ2) is 6.42. The molecule has 2 nitrogen and oxygen atoms in total. The zero-order valence-electron chi connectivity index (χ0n) is 10.9. The molecule has 0 spiro atoms. The molecule has 0 fully saturated rings. The maximum atomic E-state index is 6.02. The van der Waals surface area contributed by atoms with E-state index in [9.17, 15) is 0 Å². The molecular weight excluding hydrogens is 382 g/mol. The highest BCUT2D eigenvalue weighted by Crippen LogP contribution is 2.39. The van der Waals surface area contributed by atoms with Crippen molar-refractivity contribution in [2.24, 2.45) is 0 Å². The molecule has 1 heterocycles. The fraction of sp³-hybridized carbons (Fsp3) is 0.0667. The van der Waals surface area contributed by atoms with Crippen molar-refractivity contribution in [2.75, 3.05) is 0 Å². The third-order valence-electron chi connectivity index (χ3n) is 2.83. The lowest BCUT2D eigenvalue weighted by Gasteiger charge is -2.13. The van der Waals surface area contributed by atoms with Crippen LogP contribution in [0.1, 0.15) is 5.82 Å². The molecule has 112 valence electrons. The van der Waals surface area contributed by atoms with Crippen molar-refractivity contribution in [1.29, 1.82) is 0 Å². The average Bonchev–Trinajstić information content (AvgIpc) is 2.46. The van der Waals surface area contributed by atoms with Gasteiger partial charge in [-0.3, -0.25) is 0 Å². The zero-order valence-corrected chi connectivity index (χ0v) is 14.8. The van der Waals surface area contributed by atoms with Gasteiger partial charge in [-0.2, -0.15) is 0 Å². The van der Waals surface area contributed by atoms with Gasteiger partial charge in [-0.15, -0.1) is 0 Å². The summed E-state index contributed by atoms with van der Waals surface area (Å²) in [6.07, 6.45) is 0. The molecule has 7 heteroatoms. The van der Waals surface area contributed by atoms with Crippen LogP contribution in [0.4, 0.5) is 0 Å². The molecule has 2 aromatic carbocycles. The smallest absolute Gasteiger partial charge is 0.228 e. The lowest BCUT2D eigenvalue weighted by molar-refractivity contribution is 0.940. The van der Waals surface area contributed by atoms with Crippen LogP contribution in [0.5, 0.6) is 0 Å². The molecule has 0 bridgehead atoms. The van der Waals surface area contributed by atoms with E-state index in [-0.39, 0.29) is 5.82 Å². The summed E-state index contributed by atoms with van der Waals surface area (Å²) in [5.41, 5.74) is 0.725. The fourth-order valence-electron chi connectivity index (χ4n) is 1.89. The van der Waals surface area contributed by atoms with Gasteiger partial charge in [-0.1, -0.05) is 82.4 Å². The van der Waals surface area contributed by atoms with Gasteiger partial charge in [0.15, 0.2) is 5.82 Å². The van der Waals surface area contributed by atoms with Crippen molar-refractivity contribution in [2.45, 2.75) is 13.7 Å². The van der Waals surface area contributed by atoms with Crippen LogP contribution in [0.3, 0.4) is 0 Å². The zero-order chi connectivity index (χ0) is 15.7. The molecule has 0 saturated carbocycles. The molecule has 0 amide bonds. The number of para-hydroxylation sites is 1. The Balaban J connectivity index is 2.14. The molecule has 1 aromatic heterocycles. The lowest BCUT2D eigenvalue weighted by Crippen LogP contribution is -2.08. The maximum absolute atomic E-state index is 6.02. The minimum absolute atomic E-state index is 0.153. The number of aromatic nitrogens is 2. The van der Waals surface area contributed by atoms with Crippen LogP contribution in [0, 0.1) is 0 Å². The molecule has 0 aliphatic carbocycles. The molecule has 0 atom stereocenters. The highest BCUT2D eigenvalue weighted by atomic mass is 35.6. The van der Waals surface area contributed by atoms with E-state index in [0.29, 0.717) is 10.0 Å². The number of fused-ring (bicyclic) bond motifs is 1. The highest BCUT2D eigenvalue weighted by molar-refractivity contribution is 7.99. The molecule has 0 radical (unpaired) electrons. The Morgan fingerprint density at radius 2 is 1.68 bits per heavy atom. The van der Waals surface area contributed by atoms with E-state index in [1.165, 1.54) is 11.8 Å². The van der Waals surface area contributed by atoms with E-state index in [2.05, 4.69) is 9.97 Å². The van der Waals surface area contributed by atoms with Crippen LogP contribution < -0.4 is 0 Å². The van der Waals surface area contributed by atoms with E-state index in [1.807, 2.05) is 48.5 Å². The number of halogens is 4. The lowest BCUT2D eigenvalue weighted by atomic mass is 10.2. The topological polar surface area (TPSA) is 25.8 Å². The number of benzene rings is 2. The van der Waals surface area contributed by atoms with Crippen LogP contribution in [-0.4, -0.2) is 9.97 Å². The third kappa shape index (κ3) is 3.61. The van der Waals surface area contributed by atoms with Gasteiger partial charge in [-0.05, 0) is 24.3 Å². The van der Waals surface area contributed by atoms with Crippen LogP contribution in [0.15, 0.2) is 58.5 Å².